The molecule has 3 rings (SSSR count). The van der Waals surface area contributed by atoms with Crippen molar-refractivity contribution in [3.8, 4) is 0 Å². The SMILES string of the molecule is Cc1n[nH]c(C)c1Sc1ccccc1N=Cc1ccc(C(C)C)cc1. The number of benzene rings is 2. The summed E-state index contributed by atoms with van der Waals surface area (Å²) < 4.78 is 0. The normalized spacial score (nSPS) is 11.6. The van der Waals surface area contributed by atoms with E-state index in [0.717, 1.165) is 27.5 Å². The van der Waals surface area contributed by atoms with Crippen LogP contribution >= 0.6 is 11.8 Å². The first-order chi connectivity index (χ1) is 12.0. The molecule has 1 aromatic heterocycles. The molecule has 0 bridgehead atoms. The van der Waals surface area contributed by atoms with E-state index < -0.39 is 0 Å². The first kappa shape index (κ1) is 17.5. The third kappa shape index (κ3) is 4.20. The molecule has 0 radical (unpaired) electrons. The van der Waals surface area contributed by atoms with Gasteiger partial charge in [-0.05, 0) is 43.0 Å². The maximum absolute atomic E-state index is 4.71. The summed E-state index contributed by atoms with van der Waals surface area (Å²) in [6.45, 7) is 8.48. The van der Waals surface area contributed by atoms with Crippen LogP contribution in [0.25, 0.3) is 0 Å². The molecule has 0 saturated carbocycles. The van der Waals surface area contributed by atoms with Crippen LogP contribution in [0.3, 0.4) is 0 Å². The van der Waals surface area contributed by atoms with E-state index in [4.69, 9.17) is 4.99 Å². The number of rotatable bonds is 5. The first-order valence-electron chi connectivity index (χ1n) is 8.47. The van der Waals surface area contributed by atoms with Gasteiger partial charge in [0.05, 0.1) is 16.3 Å². The second kappa shape index (κ2) is 7.70. The van der Waals surface area contributed by atoms with E-state index >= 15 is 0 Å². The second-order valence-corrected chi connectivity index (χ2v) is 7.46. The fourth-order valence-electron chi connectivity index (χ4n) is 2.56. The number of aromatic nitrogens is 2. The number of para-hydroxylation sites is 1. The van der Waals surface area contributed by atoms with Crippen LogP contribution in [0.15, 0.2) is 63.3 Å². The molecule has 0 unspecified atom stereocenters. The Labute approximate surface area is 153 Å². The van der Waals surface area contributed by atoms with Gasteiger partial charge in [0.15, 0.2) is 0 Å². The maximum Gasteiger partial charge on any atom is 0.0769 e. The third-order valence-corrected chi connectivity index (χ3v) is 5.46. The Hall–Kier alpha value is -2.33. The van der Waals surface area contributed by atoms with Crippen molar-refractivity contribution >= 4 is 23.7 Å². The summed E-state index contributed by atoms with van der Waals surface area (Å²) in [4.78, 5) is 7.01. The molecule has 0 atom stereocenters. The summed E-state index contributed by atoms with van der Waals surface area (Å²) in [5, 5.41) is 7.31. The topological polar surface area (TPSA) is 41.0 Å². The predicted molar refractivity (Wildman–Crippen MR) is 106 cm³/mol. The van der Waals surface area contributed by atoms with E-state index in [1.54, 1.807) is 11.8 Å². The number of aromatic amines is 1. The van der Waals surface area contributed by atoms with Gasteiger partial charge in [0.1, 0.15) is 0 Å². The molecule has 0 saturated heterocycles. The van der Waals surface area contributed by atoms with Gasteiger partial charge in [0.2, 0.25) is 0 Å². The summed E-state index contributed by atoms with van der Waals surface area (Å²) in [5.41, 5.74) is 5.54. The lowest BCUT2D eigenvalue weighted by Gasteiger charge is -2.06. The number of hydrogen-bond acceptors (Lipinski definition) is 3. The summed E-state index contributed by atoms with van der Waals surface area (Å²) >= 11 is 1.71. The van der Waals surface area contributed by atoms with Crippen LogP contribution in [0.4, 0.5) is 5.69 Å². The number of aryl methyl sites for hydroxylation is 2. The maximum atomic E-state index is 4.71. The van der Waals surface area contributed by atoms with Crippen LogP contribution in [0.1, 0.15) is 42.3 Å². The van der Waals surface area contributed by atoms with Gasteiger partial charge >= 0.3 is 0 Å². The fourth-order valence-corrected chi connectivity index (χ4v) is 3.55. The molecule has 0 aliphatic carbocycles. The van der Waals surface area contributed by atoms with Crippen LogP contribution in [-0.2, 0) is 0 Å². The van der Waals surface area contributed by atoms with Gasteiger partial charge in [-0.3, -0.25) is 10.1 Å². The van der Waals surface area contributed by atoms with Crippen LogP contribution in [0.2, 0.25) is 0 Å². The van der Waals surface area contributed by atoms with Crippen molar-refractivity contribution in [3.05, 3.63) is 71.0 Å². The second-order valence-electron chi connectivity index (χ2n) is 6.41. The number of aliphatic imine (C=N–C) groups is 1. The minimum Gasteiger partial charge on any atom is -0.281 e. The number of nitrogens with zero attached hydrogens (tertiary/aromatic N) is 2. The summed E-state index contributed by atoms with van der Waals surface area (Å²) in [7, 11) is 0. The molecule has 4 heteroatoms. The molecular weight excluding hydrogens is 326 g/mol. The van der Waals surface area contributed by atoms with E-state index in [1.807, 2.05) is 38.3 Å². The molecule has 0 amide bonds. The lowest BCUT2D eigenvalue weighted by molar-refractivity contribution is 0.866. The first-order valence-corrected chi connectivity index (χ1v) is 9.28. The van der Waals surface area contributed by atoms with Crippen LogP contribution < -0.4 is 0 Å². The van der Waals surface area contributed by atoms with Gasteiger partial charge in [-0.25, -0.2) is 0 Å². The molecule has 0 fully saturated rings. The quantitative estimate of drug-likeness (QED) is 0.569. The zero-order valence-corrected chi connectivity index (χ0v) is 15.9. The largest absolute Gasteiger partial charge is 0.281 e. The zero-order valence-electron chi connectivity index (χ0n) is 15.1. The lowest BCUT2D eigenvalue weighted by Crippen LogP contribution is -1.88. The van der Waals surface area contributed by atoms with E-state index in [2.05, 4.69) is 54.4 Å². The van der Waals surface area contributed by atoms with Crippen molar-refractivity contribution in [3.63, 3.8) is 0 Å². The third-order valence-electron chi connectivity index (χ3n) is 4.09. The van der Waals surface area contributed by atoms with E-state index in [-0.39, 0.29) is 0 Å². The average Bonchev–Trinajstić information content (AvgIpc) is 2.93. The fraction of sp³-hybridized carbons (Fsp3) is 0.238. The van der Waals surface area contributed by atoms with Crippen LogP contribution in [0.5, 0.6) is 0 Å². The summed E-state index contributed by atoms with van der Waals surface area (Å²) in [6.07, 6.45) is 1.93. The highest BCUT2D eigenvalue weighted by Crippen LogP contribution is 2.37. The van der Waals surface area contributed by atoms with Crippen molar-refractivity contribution in [2.24, 2.45) is 4.99 Å². The van der Waals surface area contributed by atoms with Gasteiger partial charge in [0.25, 0.3) is 0 Å². The Bertz CT molecular complexity index is 857. The molecule has 0 aliphatic rings. The molecule has 2 aromatic carbocycles. The highest BCUT2D eigenvalue weighted by molar-refractivity contribution is 7.99. The molecule has 1 heterocycles. The van der Waals surface area contributed by atoms with Crippen molar-refractivity contribution in [2.75, 3.05) is 0 Å². The smallest absolute Gasteiger partial charge is 0.0769 e. The zero-order chi connectivity index (χ0) is 17.8. The van der Waals surface area contributed by atoms with Gasteiger partial charge < -0.3 is 0 Å². The number of H-pyrrole nitrogens is 1. The predicted octanol–water partition coefficient (Wildman–Crippen LogP) is 6.05. The molecule has 0 aliphatic heterocycles. The minimum atomic E-state index is 0.546. The molecule has 3 nitrogen and oxygen atoms in total. The van der Waals surface area contributed by atoms with E-state index in [0.29, 0.717) is 5.92 Å². The van der Waals surface area contributed by atoms with Crippen molar-refractivity contribution < 1.29 is 0 Å². The van der Waals surface area contributed by atoms with Crippen molar-refractivity contribution in [1.29, 1.82) is 0 Å². The Balaban J connectivity index is 1.83. The van der Waals surface area contributed by atoms with Crippen molar-refractivity contribution in [1.82, 2.24) is 10.2 Å². The van der Waals surface area contributed by atoms with Gasteiger partial charge in [-0.15, -0.1) is 0 Å². The Kier molecular flexibility index (Phi) is 5.39. The molecule has 0 spiro atoms. The van der Waals surface area contributed by atoms with Gasteiger partial charge in [-0.1, -0.05) is 62.0 Å². The molecular formula is C21H23N3S. The van der Waals surface area contributed by atoms with E-state index in [1.165, 1.54) is 10.5 Å². The number of hydrogen-bond donors (Lipinski definition) is 1. The monoisotopic (exact) mass is 349 g/mol. The highest BCUT2D eigenvalue weighted by atomic mass is 32.2. The highest BCUT2D eigenvalue weighted by Gasteiger charge is 2.10. The molecule has 25 heavy (non-hydrogen) atoms. The summed E-state index contributed by atoms with van der Waals surface area (Å²) in [6, 6.07) is 16.8. The van der Waals surface area contributed by atoms with Gasteiger partial charge in [0, 0.05) is 16.8 Å². The summed E-state index contributed by atoms with van der Waals surface area (Å²) in [5.74, 6) is 0.546. The number of nitrogens with one attached hydrogen (secondary N) is 1. The Morgan fingerprint density at radius 3 is 2.40 bits per heavy atom. The Morgan fingerprint density at radius 2 is 1.76 bits per heavy atom. The van der Waals surface area contributed by atoms with Gasteiger partial charge in [-0.2, -0.15) is 5.10 Å². The standard InChI is InChI=1S/C21H23N3S/c1-14(2)18-11-9-17(10-12-18)13-22-19-7-5-6-8-20(19)25-21-15(3)23-24-16(21)4/h5-14H,1-4H3,(H,23,24). The molecule has 3 aromatic rings. The molecule has 128 valence electrons. The van der Waals surface area contributed by atoms with Crippen LogP contribution in [-0.4, -0.2) is 16.4 Å². The Morgan fingerprint density at radius 1 is 1.04 bits per heavy atom. The molecule has 1 N–H and O–H groups in total. The minimum absolute atomic E-state index is 0.546. The average molecular weight is 350 g/mol. The van der Waals surface area contributed by atoms with Crippen molar-refractivity contribution in [2.45, 2.75) is 43.4 Å². The van der Waals surface area contributed by atoms with E-state index in [9.17, 15) is 0 Å². The lowest BCUT2D eigenvalue weighted by atomic mass is 10.0. The van der Waals surface area contributed by atoms with Crippen LogP contribution in [0, 0.1) is 13.8 Å².